The number of aliphatic hydroxyl groups is 2. The lowest BCUT2D eigenvalue weighted by atomic mass is 9.55. The zero-order chi connectivity index (χ0) is 50.9. The summed E-state index contributed by atoms with van der Waals surface area (Å²) in [7, 11) is 0. The zero-order valence-corrected chi connectivity index (χ0v) is 40.0. The van der Waals surface area contributed by atoms with Crippen LogP contribution in [0.4, 0.5) is 16.2 Å². The van der Waals surface area contributed by atoms with E-state index in [1.807, 2.05) is 42.5 Å². The molecule has 1 fully saturated rings. The minimum absolute atomic E-state index is 0.00626. The summed E-state index contributed by atoms with van der Waals surface area (Å²) in [4.78, 5) is 45.4. The number of non-ortho nitro benzene ring substituents is 2. The predicted octanol–water partition coefficient (Wildman–Crippen LogP) is 10.6. The summed E-state index contributed by atoms with van der Waals surface area (Å²) in [6.45, 7) is 4.12. The van der Waals surface area contributed by atoms with Gasteiger partial charge in [-0.1, -0.05) is 72.6 Å². The van der Waals surface area contributed by atoms with Gasteiger partial charge >= 0.3 is 6.09 Å². The minimum atomic E-state index is -1.70. The third kappa shape index (κ3) is 11.0. The molecule has 0 spiro atoms. The molecule has 9 rings (SSSR count). The molecule has 2 heterocycles. The van der Waals surface area contributed by atoms with Gasteiger partial charge in [0.05, 0.1) is 34.1 Å². The second-order valence-electron chi connectivity index (χ2n) is 18.3. The second-order valence-corrected chi connectivity index (χ2v) is 18.3. The highest BCUT2D eigenvalue weighted by molar-refractivity contribution is 6.03. The van der Waals surface area contributed by atoms with Crippen LogP contribution in [0.2, 0.25) is 0 Å². The molecule has 2 aliphatic heterocycles. The number of hydrogen-bond acceptors (Lipinski definition) is 15. The molecule has 5 aromatic carbocycles. The Morgan fingerprint density at radius 3 is 2.27 bits per heavy atom. The first-order valence-electron chi connectivity index (χ1n) is 24.4. The largest absolute Gasteiger partial charge is 0.459 e. The standard InChI is InChI=1S/C55H56N4O14/c1-2-27-69-55-51(57(33-37-17-23-49-50(28-37)68-35-67-49)54(62)72-41-20-18-39(19-21-41)58(63)64)32-47(56-70-34-36-11-4-3-5-12-36)45-29-38(13-6-8-25-60)44(16-7-9-26-61)52(53(45)55)46-31-43(22-24-48(46)73-55)71-42-15-10-14-40(30-42)59(65)66/h2-5,10-12,14-15,17-24,28-31,38,44,51-53,60-61H,1,6-9,13,16,25-27,32-35H2. The van der Waals surface area contributed by atoms with E-state index < -0.39 is 39.6 Å². The molecule has 2 N–H and O–H groups in total. The van der Waals surface area contributed by atoms with Gasteiger partial charge in [-0.2, -0.15) is 0 Å². The lowest BCUT2D eigenvalue weighted by Crippen LogP contribution is -2.70. The lowest BCUT2D eigenvalue weighted by molar-refractivity contribution is -0.385. The molecule has 380 valence electrons. The highest BCUT2D eigenvalue weighted by atomic mass is 16.7. The van der Waals surface area contributed by atoms with Gasteiger partial charge in [0.15, 0.2) is 11.5 Å². The molecule has 18 nitrogen and oxygen atoms in total. The van der Waals surface area contributed by atoms with Crippen LogP contribution in [0.5, 0.6) is 34.5 Å². The monoisotopic (exact) mass is 996 g/mol. The van der Waals surface area contributed by atoms with E-state index in [0.29, 0.717) is 72.8 Å². The molecule has 0 saturated heterocycles. The van der Waals surface area contributed by atoms with Gasteiger partial charge in [-0.25, -0.2) is 4.79 Å². The highest BCUT2D eigenvalue weighted by Crippen LogP contribution is 2.62. The molecule has 4 aliphatic rings. The Bertz CT molecular complexity index is 2860. The van der Waals surface area contributed by atoms with Crippen molar-refractivity contribution in [1.82, 2.24) is 4.90 Å². The minimum Gasteiger partial charge on any atom is -0.459 e. The van der Waals surface area contributed by atoms with Crippen LogP contribution in [-0.4, -0.2) is 75.2 Å². The van der Waals surface area contributed by atoms with Gasteiger partial charge in [-0.15, -0.1) is 6.58 Å². The molecule has 2 aliphatic carbocycles. The van der Waals surface area contributed by atoms with Crippen LogP contribution < -0.4 is 23.7 Å². The van der Waals surface area contributed by atoms with Gasteiger partial charge in [0.1, 0.15) is 35.6 Å². The lowest BCUT2D eigenvalue weighted by Gasteiger charge is -2.59. The van der Waals surface area contributed by atoms with Gasteiger partial charge in [0.2, 0.25) is 12.6 Å². The van der Waals surface area contributed by atoms with Crippen LogP contribution in [0.3, 0.4) is 0 Å². The number of ether oxygens (including phenoxy) is 6. The number of amides is 1. The summed E-state index contributed by atoms with van der Waals surface area (Å²) in [5.41, 5.74) is 3.29. The first kappa shape index (κ1) is 50.2. The molecular weight excluding hydrogens is 941 g/mol. The maximum absolute atomic E-state index is 15.3. The van der Waals surface area contributed by atoms with Crippen molar-refractivity contribution in [2.75, 3.05) is 26.6 Å². The number of carbonyl (C=O) groups is 1. The van der Waals surface area contributed by atoms with Crippen LogP contribution in [0.1, 0.15) is 67.6 Å². The normalized spacial score (nSPS) is 21.7. The number of nitrogens with zero attached hydrogens (tertiary/aromatic N) is 4. The Balaban J connectivity index is 1.25. The number of nitro groups is 2. The fourth-order valence-corrected chi connectivity index (χ4v) is 10.6. The smallest absolute Gasteiger partial charge is 0.416 e. The molecule has 6 unspecified atom stereocenters. The highest BCUT2D eigenvalue weighted by Gasteiger charge is 2.66. The Kier molecular flexibility index (Phi) is 15.6. The molecule has 73 heavy (non-hydrogen) atoms. The molecule has 0 aromatic heterocycles. The third-order valence-electron chi connectivity index (χ3n) is 13.8. The van der Waals surface area contributed by atoms with Crippen LogP contribution in [0.25, 0.3) is 0 Å². The van der Waals surface area contributed by atoms with Crippen LogP contribution >= 0.6 is 0 Å². The summed E-state index contributed by atoms with van der Waals surface area (Å²) in [6, 6.07) is 30.5. The molecule has 0 bridgehead atoms. The van der Waals surface area contributed by atoms with E-state index in [1.54, 1.807) is 42.5 Å². The molecule has 1 saturated carbocycles. The summed E-state index contributed by atoms with van der Waals surface area (Å²) in [5, 5.41) is 48.4. The molecule has 1 amide bonds. The number of nitro benzene ring substituents is 2. The first-order valence-corrected chi connectivity index (χ1v) is 24.4. The van der Waals surface area contributed by atoms with E-state index in [-0.39, 0.29) is 80.9 Å². The van der Waals surface area contributed by atoms with Crippen molar-refractivity contribution >= 4 is 23.2 Å². The van der Waals surface area contributed by atoms with Gasteiger partial charge in [-0.3, -0.25) is 25.1 Å². The van der Waals surface area contributed by atoms with E-state index >= 15 is 4.79 Å². The van der Waals surface area contributed by atoms with Crippen molar-refractivity contribution in [3.63, 3.8) is 0 Å². The molecule has 0 radical (unpaired) electrons. The van der Waals surface area contributed by atoms with E-state index in [0.717, 1.165) is 16.7 Å². The number of unbranched alkanes of at least 4 members (excludes halogenated alkanes) is 2. The first-order chi connectivity index (χ1) is 35.6. The van der Waals surface area contributed by atoms with Crippen molar-refractivity contribution in [1.29, 1.82) is 0 Å². The Morgan fingerprint density at radius 1 is 0.795 bits per heavy atom. The van der Waals surface area contributed by atoms with Crippen molar-refractivity contribution in [2.45, 2.75) is 75.8 Å². The van der Waals surface area contributed by atoms with Gasteiger partial charge in [0.25, 0.3) is 11.4 Å². The number of allylic oxidation sites excluding steroid dienone is 1. The van der Waals surface area contributed by atoms with Crippen LogP contribution in [0, 0.1) is 38.0 Å². The topological polar surface area (TPSA) is 224 Å². The van der Waals surface area contributed by atoms with Crippen molar-refractivity contribution in [3.8, 4) is 34.5 Å². The Labute approximate surface area is 421 Å². The number of aliphatic hydroxyl groups excluding tert-OH is 2. The van der Waals surface area contributed by atoms with Crippen LogP contribution in [0.15, 0.2) is 145 Å². The van der Waals surface area contributed by atoms with Crippen molar-refractivity contribution in [2.24, 2.45) is 22.9 Å². The molecule has 5 aromatic rings. The Hall–Kier alpha value is -7.80. The van der Waals surface area contributed by atoms with E-state index in [2.05, 4.69) is 12.7 Å². The van der Waals surface area contributed by atoms with Crippen molar-refractivity contribution in [3.05, 3.63) is 176 Å². The van der Waals surface area contributed by atoms with Crippen LogP contribution in [-0.2, 0) is 22.7 Å². The zero-order valence-electron chi connectivity index (χ0n) is 40.0. The van der Waals surface area contributed by atoms with Crippen molar-refractivity contribution < 1.29 is 58.1 Å². The number of rotatable bonds is 22. The number of benzene rings is 5. The fraction of sp³-hybridized carbons (Fsp3) is 0.345. The number of fused-ring (bicyclic) bond motifs is 3. The summed E-state index contributed by atoms with van der Waals surface area (Å²) < 4.78 is 38.5. The average Bonchev–Trinajstić information content (AvgIpc) is 3.88. The van der Waals surface area contributed by atoms with Gasteiger partial charge < -0.3 is 43.5 Å². The Morgan fingerprint density at radius 2 is 1.52 bits per heavy atom. The fourth-order valence-electron chi connectivity index (χ4n) is 10.6. The molecular formula is C55H56N4O14. The number of oxime groups is 1. The average molecular weight is 997 g/mol. The maximum atomic E-state index is 15.3. The third-order valence-corrected chi connectivity index (χ3v) is 13.8. The predicted molar refractivity (Wildman–Crippen MR) is 267 cm³/mol. The number of hydrogen-bond donors (Lipinski definition) is 2. The molecule has 18 heteroatoms. The molecule has 6 atom stereocenters. The maximum Gasteiger partial charge on any atom is 0.416 e. The summed E-state index contributed by atoms with van der Waals surface area (Å²) in [6.07, 6.45) is 6.93. The second kappa shape index (κ2) is 22.7. The quantitative estimate of drug-likeness (QED) is 0.0285. The van der Waals surface area contributed by atoms with Gasteiger partial charge in [0, 0.05) is 55.9 Å². The summed E-state index contributed by atoms with van der Waals surface area (Å²) >= 11 is 0. The van der Waals surface area contributed by atoms with Gasteiger partial charge in [-0.05, 0) is 103 Å². The van der Waals surface area contributed by atoms with E-state index in [1.165, 1.54) is 41.3 Å². The number of carbonyl (C=O) groups excluding carboxylic acids is 1. The van der Waals surface area contributed by atoms with E-state index in [4.69, 9.17) is 38.4 Å². The SMILES string of the molecule is C=CCOC12Oc3ccc(Oc4cccc([N+](=O)[O-])c4)cc3C3C(CCCCO)C(CCCCO)C=C(C(=NOCc4ccccc4)CC1N(Cc1ccc4c(c1)OCO4)C(=O)Oc1ccc([N+](=O)[O-])cc1)C32. The van der Waals surface area contributed by atoms with E-state index in [9.17, 15) is 30.4 Å². The summed E-state index contributed by atoms with van der Waals surface area (Å²) in [5.74, 6) is -0.905.